The highest BCUT2D eigenvalue weighted by molar-refractivity contribution is 5.51. The number of ether oxygens (including phenoxy) is 1. The van der Waals surface area contributed by atoms with E-state index in [-0.39, 0.29) is 5.54 Å². The number of methoxy groups -OCH3 is 1. The second kappa shape index (κ2) is 4.34. The molecule has 1 aromatic rings. The number of nitrogens with zero attached hydrogens (tertiary/aromatic N) is 1. The van der Waals surface area contributed by atoms with E-state index in [0.29, 0.717) is 0 Å². The Morgan fingerprint density at radius 1 is 1.44 bits per heavy atom. The fourth-order valence-corrected chi connectivity index (χ4v) is 2.30. The summed E-state index contributed by atoms with van der Waals surface area (Å²) < 4.78 is 5.24. The molecule has 1 heterocycles. The Morgan fingerprint density at radius 2 is 2.25 bits per heavy atom. The predicted molar refractivity (Wildman–Crippen MR) is 67.0 cm³/mol. The second-order valence-corrected chi connectivity index (χ2v) is 4.88. The average molecular weight is 220 g/mol. The van der Waals surface area contributed by atoms with Crippen LogP contribution in [-0.2, 0) is 0 Å². The highest BCUT2D eigenvalue weighted by Gasteiger charge is 2.26. The highest BCUT2D eigenvalue weighted by Crippen LogP contribution is 2.26. The van der Waals surface area contributed by atoms with Gasteiger partial charge in [0.25, 0.3) is 0 Å². The number of hydrogen-bond acceptors (Lipinski definition) is 3. The minimum atomic E-state index is -0.0681. The van der Waals surface area contributed by atoms with Gasteiger partial charge in [-0.25, -0.2) is 0 Å². The minimum absolute atomic E-state index is 0.0681. The van der Waals surface area contributed by atoms with Crippen molar-refractivity contribution in [1.82, 2.24) is 0 Å². The number of rotatable bonds is 2. The second-order valence-electron chi connectivity index (χ2n) is 4.88. The highest BCUT2D eigenvalue weighted by atomic mass is 16.5. The molecule has 0 saturated carbocycles. The molecule has 3 heteroatoms. The fraction of sp³-hybridized carbons (Fsp3) is 0.538. The lowest BCUT2D eigenvalue weighted by Gasteiger charge is -2.39. The van der Waals surface area contributed by atoms with Crippen LogP contribution in [0.1, 0.15) is 19.8 Å². The molecule has 0 aromatic heterocycles. The number of nitrogens with two attached hydrogens (primary N) is 1. The predicted octanol–water partition coefficient (Wildman–Crippen LogP) is 2.01. The van der Waals surface area contributed by atoms with Gasteiger partial charge in [0, 0.05) is 30.4 Å². The van der Waals surface area contributed by atoms with Crippen molar-refractivity contribution in [2.24, 2.45) is 5.73 Å². The summed E-state index contributed by atoms with van der Waals surface area (Å²) in [4.78, 5) is 2.34. The lowest BCUT2D eigenvalue weighted by Crippen LogP contribution is -2.52. The summed E-state index contributed by atoms with van der Waals surface area (Å²) in [5.41, 5.74) is 7.34. The Balaban J connectivity index is 2.16. The number of hydrogen-bond donors (Lipinski definition) is 1. The van der Waals surface area contributed by atoms with Crippen LogP contribution in [0.4, 0.5) is 5.69 Å². The smallest absolute Gasteiger partial charge is 0.120 e. The van der Waals surface area contributed by atoms with Crippen molar-refractivity contribution in [3.8, 4) is 5.75 Å². The van der Waals surface area contributed by atoms with Crippen LogP contribution in [0.3, 0.4) is 0 Å². The molecule has 2 rings (SSSR count). The summed E-state index contributed by atoms with van der Waals surface area (Å²) in [6.45, 7) is 4.12. The zero-order valence-corrected chi connectivity index (χ0v) is 10.1. The molecule has 0 bridgehead atoms. The molecule has 1 fully saturated rings. The van der Waals surface area contributed by atoms with Gasteiger partial charge in [0.05, 0.1) is 7.11 Å². The topological polar surface area (TPSA) is 38.5 Å². The van der Waals surface area contributed by atoms with Gasteiger partial charge in [0.1, 0.15) is 5.75 Å². The van der Waals surface area contributed by atoms with Gasteiger partial charge in [-0.1, -0.05) is 6.07 Å². The summed E-state index contributed by atoms with van der Waals surface area (Å²) in [7, 11) is 1.70. The molecule has 1 aliphatic rings. The van der Waals surface area contributed by atoms with Gasteiger partial charge in [0.15, 0.2) is 0 Å². The van der Waals surface area contributed by atoms with Gasteiger partial charge < -0.3 is 15.4 Å². The molecule has 0 amide bonds. The summed E-state index contributed by atoms with van der Waals surface area (Å²) in [5.74, 6) is 0.904. The molecule has 1 aromatic carbocycles. The van der Waals surface area contributed by atoms with Crippen LogP contribution in [0.15, 0.2) is 24.3 Å². The van der Waals surface area contributed by atoms with Crippen LogP contribution in [0, 0.1) is 0 Å². The third-order valence-corrected chi connectivity index (χ3v) is 3.15. The van der Waals surface area contributed by atoms with Crippen LogP contribution in [0.25, 0.3) is 0 Å². The van der Waals surface area contributed by atoms with Crippen molar-refractivity contribution in [1.29, 1.82) is 0 Å². The van der Waals surface area contributed by atoms with Crippen molar-refractivity contribution in [2.75, 3.05) is 25.1 Å². The Bertz CT molecular complexity index is 363. The molecule has 1 unspecified atom stereocenters. The van der Waals surface area contributed by atoms with E-state index in [4.69, 9.17) is 10.5 Å². The van der Waals surface area contributed by atoms with Crippen LogP contribution < -0.4 is 15.4 Å². The molecular weight excluding hydrogens is 200 g/mol. The molecule has 1 atom stereocenters. The first-order valence-electron chi connectivity index (χ1n) is 5.79. The molecule has 0 aliphatic carbocycles. The monoisotopic (exact) mass is 220 g/mol. The summed E-state index contributed by atoms with van der Waals surface area (Å²) in [5, 5.41) is 0. The van der Waals surface area contributed by atoms with Gasteiger partial charge in [-0.05, 0) is 31.9 Å². The van der Waals surface area contributed by atoms with Crippen molar-refractivity contribution in [3.05, 3.63) is 24.3 Å². The average Bonchev–Trinajstić information content (AvgIpc) is 2.28. The maximum Gasteiger partial charge on any atom is 0.120 e. The maximum absolute atomic E-state index is 6.20. The van der Waals surface area contributed by atoms with E-state index in [9.17, 15) is 0 Å². The first-order chi connectivity index (χ1) is 7.61. The first-order valence-corrected chi connectivity index (χ1v) is 5.79. The third-order valence-electron chi connectivity index (χ3n) is 3.15. The zero-order valence-electron chi connectivity index (χ0n) is 10.1. The molecule has 88 valence electrons. The van der Waals surface area contributed by atoms with Crippen molar-refractivity contribution >= 4 is 5.69 Å². The van der Waals surface area contributed by atoms with Crippen molar-refractivity contribution < 1.29 is 4.74 Å². The standard InChI is InChI=1S/C13H20N2O/c1-13(14)7-4-8-15(10-13)11-5-3-6-12(9-11)16-2/h3,5-6,9H,4,7-8,10,14H2,1-2H3. The van der Waals surface area contributed by atoms with Crippen LogP contribution >= 0.6 is 0 Å². The van der Waals surface area contributed by atoms with E-state index in [2.05, 4.69) is 24.0 Å². The van der Waals surface area contributed by atoms with Gasteiger partial charge in [-0.2, -0.15) is 0 Å². The lowest BCUT2D eigenvalue weighted by atomic mass is 9.92. The van der Waals surface area contributed by atoms with Gasteiger partial charge in [-0.15, -0.1) is 0 Å². The molecule has 1 aliphatic heterocycles. The summed E-state index contributed by atoms with van der Waals surface area (Å²) in [6.07, 6.45) is 2.26. The Hall–Kier alpha value is -1.22. The third kappa shape index (κ3) is 2.47. The lowest BCUT2D eigenvalue weighted by molar-refractivity contribution is 0.374. The Kier molecular flexibility index (Phi) is 3.06. The number of benzene rings is 1. The molecule has 0 spiro atoms. The molecule has 3 nitrogen and oxygen atoms in total. The fourth-order valence-electron chi connectivity index (χ4n) is 2.30. The van der Waals surface area contributed by atoms with Gasteiger partial charge in [0.2, 0.25) is 0 Å². The first kappa shape index (κ1) is 11.3. The molecular formula is C13H20N2O. The van der Waals surface area contributed by atoms with Crippen LogP contribution in [0.2, 0.25) is 0 Å². The van der Waals surface area contributed by atoms with Crippen molar-refractivity contribution in [2.45, 2.75) is 25.3 Å². The van der Waals surface area contributed by atoms with E-state index in [1.807, 2.05) is 12.1 Å². The van der Waals surface area contributed by atoms with Crippen molar-refractivity contribution in [3.63, 3.8) is 0 Å². The maximum atomic E-state index is 6.20. The van der Waals surface area contributed by atoms with E-state index < -0.39 is 0 Å². The largest absolute Gasteiger partial charge is 0.497 e. The molecule has 2 N–H and O–H groups in total. The number of anilines is 1. The summed E-state index contributed by atoms with van der Waals surface area (Å²) >= 11 is 0. The van der Waals surface area contributed by atoms with Gasteiger partial charge >= 0.3 is 0 Å². The summed E-state index contributed by atoms with van der Waals surface area (Å²) in [6, 6.07) is 8.18. The molecule has 0 radical (unpaired) electrons. The Morgan fingerprint density at radius 3 is 2.94 bits per heavy atom. The zero-order chi connectivity index (χ0) is 11.6. The SMILES string of the molecule is COc1cccc(N2CCCC(C)(N)C2)c1. The van der Waals surface area contributed by atoms with E-state index in [0.717, 1.165) is 31.7 Å². The minimum Gasteiger partial charge on any atom is -0.497 e. The Labute approximate surface area is 97.2 Å². The van der Waals surface area contributed by atoms with E-state index >= 15 is 0 Å². The van der Waals surface area contributed by atoms with Crippen LogP contribution in [-0.4, -0.2) is 25.7 Å². The quantitative estimate of drug-likeness (QED) is 0.828. The number of piperidine rings is 1. The molecule has 16 heavy (non-hydrogen) atoms. The normalized spacial score (nSPS) is 25.6. The van der Waals surface area contributed by atoms with Crippen LogP contribution in [0.5, 0.6) is 5.75 Å². The van der Waals surface area contributed by atoms with Gasteiger partial charge in [-0.3, -0.25) is 0 Å². The van der Waals surface area contributed by atoms with E-state index in [1.54, 1.807) is 7.11 Å². The van der Waals surface area contributed by atoms with E-state index in [1.165, 1.54) is 5.69 Å². The molecule has 1 saturated heterocycles.